The first kappa shape index (κ1) is 14.0. The fourth-order valence-electron chi connectivity index (χ4n) is 2.05. The van der Waals surface area contributed by atoms with E-state index in [9.17, 15) is 0 Å². The first-order chi connectivity index (χ1) is 8.72. The number of hydrogen-bond donors (Lipinski definition) is 1. The maximum atomic E-state index is 3.65. The zero-order valence-electron chi connectivity index (χ0n) is 10.7. The van der Waals surface area contributed by atoms with Gasteiger partial charge in [-0.2, -0.15) is 0 Å². The number of halogens is 1. The fraction of sp³-hybridized carbons (Fsp3) is 0.333. The highest BCUT2D eigenvalue weighted by atomic mass is 127. The van der Waals surface area contributed by atoms with E-state index in [1.165, 1.54) is 19.6 Å². The summed E-state index contributed by atoms with van der Waals surface area (Å²) in [6, 6.07) is 11.4. The Labute approximate surface area is 127 Å². The lowest BCUT2D eigenvalue weighted by Crippen LogP contribution is -2.23. The Morgan fingerprint density at radius 1 is 1.22 bits per heavy atom. The maximum Gasteiger partial charge on any atom is 0.0587 e. The largest absolute Gasteiger partial charge is 0.306 e. The molecule has 1 aromatic heterocycles. The van der Waals surface area contributed by atoms with Gasteiger partial charge in [-0.3, -0.25) is 0 Å². The highest BCUT2D eigenvalue weighted by molar-refractivity contribution is 14.1. The number of aryl methyl sites for hydroxylation is 1. The van der Waals surface area contributed by atoms with Crippen LogP contribution >= 0.6 is 33.9 Å². The molecule has 0 bridgehead atoms. The summed E-state index contributed by atoms with van der Waals surface area (Å²) in [5, 5.41) is 5.83. The van der Waals surface area contributed by atoms with E-state index in [0.29, 0.717) is 6.04 Å². The van der Waals surface area contributed by atoms with E-state index in [4.69, 9.17) is 0 Å². The van der Waals surface area contributed by atoms with E-state index >= 15 is 0 Å². The molecule has 2 aromatic rings. The lowest BCUT2D eigenvalue weighted by atomic mass is 9.99. The molecule has 0 amide bonds. The highest BCUT2D eigenvalue weighted by Crippen LogP contribution is 2.28. The van der Waals surface area contributed by atoms with Crippen molar-refractivity contribution in [3.8, 4) is 0 Å². The van der Waals surface area contributed by atoms with Crippen molar-refractivity contribution in [2.24, 2.45) is 0 Å². The maximum absolute atomic E-state index is 3.65. The van der Waals surface area contributed by atoms with Crippen LogP contribution in [0, 0.1) is 10.5 Å². The molecule has 0 aliphatic heterocycles. The lowest BCUT2D eigenvalue weighted by Gasteiger charge is -2.19. The highest BCUT2D eigenvalue weighted by Gasteiger charge is 2.15. The minimum Gasteiger partial charge on any atom is -0.306 e. The summed E-state index contributed by atoms with van der Waals surface area (Å²) < 4.78 is 1.28. The van der Waals surface area contributed by atoms with Crippen LogP contribution in [0.2, 0.25) is 0 Å². The molecule has 0 radical (unpaired) electrons. The van der Waals surface area contributed by atoms with E-state index in [-0.39, 0.29) is 0 Å². The minimum atomic E-state index is 0.327. The Morgan fingerprint density at radius 3 is 2.50 bits per heavy atom. The number of nitrogens with one attached hydrogen (secondary N) is 1. The molecule has 1 heterocycles. The second-order valence-electron chi connectivity index (χ2n) is 4.37. The standard InChI is InChI=1S/C15H18INS/c1-3-9-17-15(14-8-10-18-11(14)2)12-4-6-13(16)7-5-12/h4-8,10,15,17H,3,9H2,1-2H3. The molecule has 0 spiro atoms. The molecule has 1 aromatic carbocycles. The van der Waals surface area contributed by atoms with Crippen molar-refractivity contribution < 1.29 is 0 Å². The third kappa shape index (κ3) is 3.33. The molecular formula is C15H18INS. The Bertz CT molecular complexity index is 489. The first-order valence-corrected chi connectivity index (χ1v) is 8.21. The van der Waals surface area contributed by atoms with Crippen LogP contribution in [0.15, 0.2) is 35.7 Å². The van der Waals surface area contributed by atoms with Crippen LogP contribution in [0.4, 0.5) is 0 Å². The van der Waals surface area contributed by atoms with Crippen LogP contribution in [0.3, 0.4) is 0 Å². The number of thiophene rings is 1. The Morgan fingerprint density at radius 2 is 1.94 bits per heavy atom. The lowest BCUT2D eigenvalue weighted by molar-refractivity contribution is 0.598. The molecule has 1 N–H and O–H groups in total. The number of benzene rings is 1. The number of hydrogen-bond acceptors (Lipinski definition) is 2. The molecule has 18 heavy (non-hydrogen) atoms. The van der Waals surface area contributed by atoms with Crippen molar-refractivity contribution in [3.63, 3.8) is 0 Å². The van der Waals surface area contributed by atoms with Gasteiger partial charge >= 0.3 is 0 Å². The van der Waals surface area contributed by atoms with Crippen molar-refractivity contribution in [2.45, 2.75) is 26.3 Å². The average molecular weight is 371 g/mol. The van der Waals surface area contributed by atoms with E-state index < -0.39 is 0 Å². The second-order valence-corrected chi connectivity index (χ2v) is 6.74. The summed E-state index contributed by atoms with van der Waals surface area (Å²) >= 11 is 4.17. The van der Waals surface area contributed by atoms with Crippen LogP contribution < -0.4 is 5.32 Å². The van der Waals surface area contributed by atoms with Gasteiger partial charge in [-0.15, -0.1) is 11.3 Å². The van der Waals surface area contributed by atoms with Gasteiger partial charge in [-0.25, -0.2) is 0 Å². The topological polar surface area (TPSA) is 12.0 Å². The van der Waals surface area contributed by atoms with Crippen molar-refractivity contribution in [1.82, 2.24) is 5.32 Å². The third-order valence-corrected chi connectivity index (χ3v) is 4.59. The van der Waals surface area contributed by atoms with Gasteiger partial charge in [0.2, 0.25) is 0 Å². The molecule has 96 valence electrons. The van der Waals surface area contributed by atoms with Crippen molar-refractivity contribution in [3.05, 3.63) is 55.3 Å². The molecule has 0 fully saturated rings. The first-order valence-electron chi connectivity index (χ1n) is 6.25. The van der Waals surface area contributed by atoms with Crippen molar-refractivity contribution in [1.29, 1.82) is 0 Å². The summed E-state index contributed by atoms with van der Waals surface area (Å²) in [4.78, 5) is 1.40. The van der Waals surface area contributed by atoms with Crippen LogP contribution in [-0.2, 0) is 0 Å². The third-order valence-electron chi connectivity index (χ3n) is 3.01. The molecular weight excluding hydrogens is 353 g/mol. The van der Waals surface area contributed by atoms with Crippen molar-refractivity contribution >= 4 is 33.9 Å². The van der Waals surface area contributed by atoms with Crippen LogP contribution in [0.25, 0.3) is 0 Å². The summed E-state index contributed by atoms with van der Waals surface area (Å²) in [5.74, 6) is 0. The number of rotatable bonds is 5. The molecule has 0 aliphatic rings. The molecule has 3 heteroatoms. The van der Waals surface area contributed by atoms with E-state index in [1.807, 2.05) is 11.3 Å². The molecule has 1 nitrogen and oxygen atoms in total. The van der Waals surface area contributed by atoms with E-state index in [0.717, 1.165) is 13.0 Å². The minimum absolute atomic E-state index is 0.327. The Balaban J connectivity index is 2.30. The van der Waals surface area contributed by atoms with Crippen molar-refractivity contribution in [2.75, 3.05) is 6.54 Å². The van der Waals surface area contributed by atoms with E-state index in [2.05, 4.69) is 77.5 Å². The van der Waals surface area contributed by atoms with Gasteiger partial charge < -0.3 is 5.32 Å². The zero-order valence-corrected chi connectivity index (χ0v) is 13.7. The molecule has 1 atom stereocenters. The van der Waals surface area contributed by atoms with Gasteiger partial charge in [0.1, 0.15) is 0 Å². The van der Waals surface area contributed by atoms with E-state index in [1.54, 1.807) is 0 Å². The molecule has 2 rings (SSSR count). The predicted octanol–water partition coefficient (Wildman–Crippen LogP) is 4.75. The van der Waals surface area contributed by atoms with Gasteiger partial charge in [-0.05, 0) is 77.2 Å². The molecule has 0 aliphatic carbocycles. The summed E-state index contributed by atoms with van der Waals surface area (Å²) in [6.45, 7) is 5.46. The average Bonchev–Trinajstić information content (AvgIpc) is 2.78. The normalized spacial score (nSPS) is 12.6. The quantitative estimate of drug-likeness (QED) is 0.748. The monoisotopic (exact) mass is 371 g/mol. The van der Waals surface area contributed by atoms with Gasteiger partial charge in [0, 0.05) is 8.45 Å². The summed E-state index contributed by atoms with van der Waals surface area (Å²) in [7, 11) is 0. The molecule has 0 saturated carbocycles. The Kier molecular flexibility index (Phi) is 5.21. The summed E-state index contributed by atoms with van der Waals surface area (Å²) in [5.41, 5.74) is 2.76. The second kappa shape index (κ2) is 6.68. The van der Waals surface area contributed by atoms with Gasteiger partial charge in [0.05, 0.1) is 6.04 Å². The summed E-state index contributed by atoms with van der Waals surface area (Å²) in [6.07, 6.45) is 1.16. The SMILES string of the molecule is CCCNC(c1ccc(I)cc1)c1ccsc1C. The molecule has 1 unspecified atom stereocenters. The smallest absolute Gasteiger partial charge is 0.0587 e. The molecule has 0 saturated heterocycles. The van der Waals surface area contributed by atoms with Gasteiger partial charge in [-0.1, -0.05) is 19.1 Å². The zero-order chi connectivity index (χ0) is 13.0. The van der Waals surface area contributed by atoms with Crippen LogP contribution in [0.5, 0.6) is 0 Å². The fourth-order valence-corrected chi connectivity index (χ4v) is 3.15. The van der Waals surface area contributed by atoms with Crippen LogP contribution in [-0.4, -0.2) is 6.54 Å². The predicted molar refractivity (Wildman–Crippen MR) is 88.4 cm³/mol. The Hall–Kier alpha value is -0.390. The van der Waals surface area contributed by atoms with Crippen LogP contribution in [0.1, 0.15) is 35.4 Å². The van der Waals surface area contributed by atoms with Gasteiger partial charge in [0.25, 0.3) is 0 Å². The van der Waals surface area contributed by atoms with Gasteiger partial charge in [0.15, 0.2) is 0 Å².